The number of carbonyl (C=O) groups excluding carboxylic acids is 3. The molecule has 0 aromatic heterocycles. The molecule has 0 heterocycles. The molecule has 0 aliphatic heterocycles. The number of carbonyl (C=O) groups is 3. The van der Waals surface area contributed by atoms with Crippen LogP contribution in [0.2, 0.25) is 0 Å². The van der Waals surface area contributed by atoms with Crippen LogP contribution in [0.15, 0.2) is 30.3 Å². The van der Waals surface area contributed by atoms with Gasteiger partial charge in [-0.2, -0.15) is 0 Å². The number of hydrogen-bond acceptors (Lipinski definition) is 7. The van der Waals surface area contributed by atoms with Crippen LogP contribution in [0.5, 0.6) is 5.75 Å². The summed E-state index contributed by atoms with van der Waals surface area (Å²) in [5.41, 5.74) is 3.35. The Balaban J connectivity index is 0.00000616. The Bertz CT molecular complexity index is 1230. The minimum Gasteiger partial charge on any atom is -0.548 e. The molecule has 2 aromatic rings. The van der Waals surface area contributed by atoms with Crippen molar-refractivity contribution in [3.63, 3.8) is 0 Å². The summed E-state index contributed by atoms with van der Waals surface area (Å²) < 4.78 is 16.4. The second-order valence-corrected chi connectivity index (χ2v) is 11.6. The van der Waals surface area contributed by atoms with Crippen molar-refractivity contribution in [3.8, 4) is 5.75 Å². The van der Waals surface area contributed by atoms with Crippen molar-refractivity contribution in [1.82, 2.24) is 5.32 Å². The Morgan fingerprint density at radius 1 is 1.02 bits per heavy atom. The largest absolute Gasteiger partial charge is 1.00 e. The normalized spacial score (nSPS) is 14.3. The van der Waals surface area contributed by atoms with E-state index in [9.17, 15) is 19.5 Å². The molecule has 1 aliphatic carbocycles. The van der Waals surface area contributed by atoms with Crippen LogP contribution in [0.3, 0.4) is 0 Å². The van der Waals surface area contributed by atoms with Crippen molar-refractivity contribution in [2.24, 2.45) is 5.92 Å². The number of hydrogen-bond donors (Lipinski definition) is 3. The molecule has 1 saturated carbocycles. The molecule has 1 aliphatic rings. The second kappa shape index (κ2) is 16.2. The van der Waals surface area contributed by atoms with Crippen LogP contribution in [0.4, 0.5) is 16.2 Å². The van der Waals surface area contributed by atoms with Crippen molar-refractivity contribution in [3.05, 3.63) is 52.6 Å². The third-order valence-electron chi connectivity index (χ3n) is 6.64. The summed E-state index contributed by atoms with van der Waals surface area (Å²) in [6.07, 6.45) is 2.68. The summed E-state index contributed by atoms with van der Waals surface area (Å²) in [4.78, 5) is 38.4. The van der Waals surface area contributed by atoms with E-state index in [0.717, 1.165) is 23.5 Å². The van der Waals surface area contributed by atoms with Gasteiger partial charge in [0.1, 0.15) is 12.4 Å². The summed E-state index contributed by atoms with van der Waals surface area (Å²) in [5, 5.41) is 20.0. The third-order valence-corrected chi connectivity index (χ3v) is 6.64. The van der Waals surface area contributed by atoms with Crippen LogP contribution in [-0.2, 0) is 20.7 Å². The summed E-state index contributed by atoms with van der Waals surface area (Å²) in [7, 11) is 1.55. The van der Waals surface area contributed by atoms with Gasteiger partial charge in [0.25, 0.3) is 5.91 Å². The Morgan fingerprint density at radius 2 is 1.67 bits per heavy atom. The van der Waals surface area contributed by atoms with Gasteiger partial charge in [-0.05, 0) is 95.5 Å². The molecule has 0 radical (unpaired) electrons. The minimum atomic E-state index is -1.49. The average Bonchev–Trinajstić information content (AvgIpc) is 3.67. The standard InChI is InChI=1S/C31H43N3O7.K/c1-18-14-22(16-21-8-9-21)15-19(2)26(18)34-30(38)32-25-17-23(40-13-12-39-7)10-11-24(25)28(35)33-27(29(36)37)20(3)41-31(4,5)6;/h10-11,14-15,17,20-21,27H,8-9,12-13,16H2,1-7H3,(H,33,35)(H,36,37)(H2,32,34,38);/q;+1/p-1/t20?,27-;/m0./s1. The molecule has 3 amide bonds. The van der Waals surface area contributed by atoms with Crippen LogP contribution in [0, 0.1) is 19.8 Å². The fourth-order valence-electron chi connectivity index (χ4n) is 4.66. The van der Waals surface area contributed by atoms with E-state index in [4.69, 9.17) is 14.2 Å². The zero-order valence-corrected chi connectivity index (χ0v) is 29.1. The fourth-order valence-corrected chi connectivity index (χ4v) is 4.66. The second-order valence-electron chi connectivity index (χ2n) is 11.6. The number of anilines is 2. The number of ether oxygens (including phenoxy) is 3. The topological polar surface area (TPSA) is 138 Å². The molecule has 1 fully saturated rings. The van der Waals surface area contributed by atoms with E-state index < -0.39 is 35.7 Å². The average molecular weight is 608 g/mol. The maximum atomic E-state index is 13.3. The molecule has 2 atom stereocenters. The van der Waals surface area contributed by atoms with Crippen molar-refractivity contribution in [2.45, 2.75) is 78.6 Å². The zero-order chi connectivity index (χ0) is 30.3. The first kappa shape index (κ1) is 36.2. The minimum absolute atomic E-state index is 0. The van der Waals surface area contributed by atoms with Gasteiger partial charge in [-0.3, -0.25) is 4.79 Å². The van der Waals surface area contributed by atoms with Gasteiger partial charge in [-0.15, -0.1) is 0 Å². The van der Waals surface area contributed by atoms with E-state index in [1.165, 1.54) is 30.5 Å². The van der Waals surface area contributed by atoms with Gasteiger partial charge in [0.2, 0.25) is 0 Å². The predicted molar refractivity (Wildman–Crippen MR) is 155 cm³/mol. The van der Waals surface area contributed by atoms with Gasteiger partial charge >= 0.3 is 57.4 Å². The molecule has 0 saturated heterocycles. The Morgan fingerprint density at radius 3 is 2.21 bits per heavy atom. The van der Waals surface area contributed by atoms with E-state index >= 15 is 0 Å². The van der Waals surface area contributed by atoms with Gasteiger partial charge in [-0.1, -0.05) is 12.1 Å². The smallest absolute Gasteiger partial charge is 0.548 e. The predicted octanol–water partition coefficient (Wildman–Crippen LogP) is 0.981. The first-order valence-electron chi connectivity index (χ1n) is 13.9. The maximum Gasteiger partial charge on any atom is 1.00 e. The van der Waals surface area contributed by atoms with Gasteiger partial charge in [0, 0.05) is 18.9 Å². The van der Waals surface area contributed by atoms with Crippen molar-refractivity contribution in [1.29, 1.82) is 0 Å². The molecular formula is C31H42KN3O7. The molecule has 1 unspecified atom stereocenters. The Kier molecular flexibility index (Phi) is 13.9. The number of rotatable bonds is 13. The number of benzene rings is 2. The number of carboxylic acid groups (broad SMARTS) is 1. The first-order chi connectivity index (χ1) is 19.3. The number of carboxylic acids is 1. The van der Waals surface area contributed by atoms with Crippen LogP contribution in [0.25, 0.3) is 0 Å². The van der Waals surface area contributed by atoms with E-state index in [0.29, 0.717) is 18.0 Å². The molecular weight excluding hydrogens is 565 g/mol. The summed E-state index contributed by atoms with van der Waals surface area (Å²) >= 11 is 0. The maximum absolute atomic E-state index is 13.3. The molecule has 10 nitrogen and oxygen atoms in total. The first-order valence-corrected chi connectivity index (χ1v) is 13.9. The molecule has 11 heteroatoms. The summed E-state index contributed by atoms with van der Waals surface area (Å²) in [6.45, 7) is 11.4. The number of nitrogens with one attached hydrogen (secondary N) is 3. The van der Waals surface area contributed by atoms with Crippen LogP contribution < -0.4 is 77.2 Å². The van der Waals surface area contributed by atoms with Crippen molar-refractivity contribution >= 4 is 29.3 Å². The van der Waals surface area contributed by atoms with E-state index in [1.54, 1.807) is 40.9 Å². The van der Waals surface area contributed by atoms with Crippen molar-refractivity contribution in [2.75, 3.05) is 31.0 Å². The Labute approximate surface area is 291 Å². The number of aliphatic carboxylic acids is 1. The molecule has 2 aromatic carbocycles. The summed E-state index contributed by atoms with van der Waals surface area (Å²) in [6, 6.07) is 6.71. The fraction of sp³-hybridized carbons (Fsp3) is 0.516. The van der Waals surface area contributed by atoms with E-state index in [2.05, 4.69) is 28.1 Å². The van der Waals surface area contributed by atoms with Gasteiger partial charge in [0.15, 0.2) is 0 Å². The third kappa shape index (κ3) is 11.3. The number of aryl methyl sites for hydroxylation is 2. The number of amides is 3. The number of methoxy groups -OCH3 is 1. The van der Waals surface area contributed by atoms with E-state index in [1.807, 2.05) is 13.8 Å². The molecule has 224 valence electrons. The SMILES string of the molecule is COCCOc1ccc(C(=O)N[C@H](C(=O)[O-])C(C)OC(C)(C)C)c(NC(=O)Nc2c(C)cc(CC3CC3)cc2C)c1.[K+]. The van der Waals surface area contributed by atoms with Gasteiger partial charge in [-0.25, -0.2) is 4.79 Å². The quantitative estimate of drug-likeness (QED) is 0.228. The molecule has 42 heavy (non-hydrogen) atoms. The van der Waals surface area contributed by atoms with Gasteiger partial charge in [0.05, 0.1) is 41.6 Å². The van der Waals surface area contributed by atoms with Gasteiger partial charge < -0.3 is 40.1 Å². The van der Waals surface area contributed by atoms with Crippen molar-refractivity contribution < 1.29 is 85.1 Å². The monoisotopic (exact) mass is 607 g/mol. The summed E-state index contributed by atoms with van der Waals surface area (Å²) in [5.74, 6) is -1.07. The molecule has 0 spiro atoms. The molecule has 3 rings (SSSR count). The zero-order valence-electron chi connectivity index (χ0n) is 26.0. The molecule has 3 N–H and O–H groups in total. The molecule has 0 bridgehead atoms. The Hall–Kier alpha value is -1.99. The van der Waals surface area contributed by atoms with E-state index in [-0.39, 0.29) is 69.2 Å². The number of urea groups is 1. The van der Waals surface area contributed by atoms with Crippen LogP contribution in [0.1, 0.15) is 67.6 Å². The van der Waals surface area contributed by atoms with Crippen LogP contribution in [-0.4, -0.2) is 56.0 Å². The van der Waals surface area contributed by atoms with Crippen LogP contribution >= 0.6 is 0 Å².